The van der Waals surface area contributed by atoms with E-state index in [4.69, 9.17) is 0 Å². The number of hydrogen-bond acceptors (Lipinski definition) is 2. The van der Waals surface area contributed by atoms with Gasteiger partial charge >= 0.3 is 6.03 Å². The van der Waals surface area contributed by atoms with E-state index in [1.165, 1.54) is 24.3 Å². The van der Waals surface area contributed by atoms with Crippen LogP contribution in [0.5, 0.6) is 0 Å². The van der Waals surface area contributed by atoms with Gasteiger partial charge in [0, 0.05) is 12.1 Å². The number of carbonyl (C=O) groups excluding carboxylic acids is 2. The highest BCUT2D eigenvalue weighted by Crippen LogP contribution is 2.09. The molecule has 19 heavy (non-hydrogen) atoms. The van der Waals surface area contributed by atoms with Crippen LogP contribution in [0.4, 0.5) is 9.18 Å². The number of Topliss-reactive ketones (excluding diaryl/α,β-unsaturated/α-hetero) is 1. The van der Waals surface area contributed by atoms with Crippen LogP contribution in [-0.2, 0) is 0 Å². The van der Waals surface area contributed by atoms with Gasteiger partial charge in [-0.05, 0) is 29.7 Å². The number of hydrogen-bond donors (Lipinski definition) is 2. The lowest BCUT2D eigenvalue weighted by atomic mass is 9.97. The van der Waals surface area contributed by atoms with Crippen LogP contribution >= 0.6 is 0 Å². The van der Waals surface area contributed by atoms with Crippen molar-refractivity contribution in [3.05, 3.63) is 35.6 Å². The van der Waals surface area contributed by atoms with Crippen LogP contribution in [0, 0.1) is 11.2 Å². The molecule has 2 amide bonds. The molecule has 0 bridgehead atoms. The van der Waals surface area contributed by atoms with Gasteiger partial charge in [0.15, 0.2) is 5.78 Å². The van der Waals surface area contributed by atoms with Gasteiger partial charge in [-0.15, -0.1) is 0 Å². The number of rotatable bonds is 4. The van der Waals surface area contributed by atoms with Crippen molar-refractivity contribution in [2.24, 2.45) is 5.41 Å². The first-order chi connectivity index (χ1) is 8.78. The molecule has 0 heterocycles. The van der Waals surface area contributed by atoms with Crippen LogP contribution < -0.4 is 10.6 Å². The Labute approximate surface area is 112 Å². The minimum Gasteiger partial charge on any atom is -0.338 e. The van der Waals surface area contributed by atoms with Crippen molar-refractivity contribution in [3.8, 4) is 0 Å². The third-order valence-corrected chi connectivity index (χ3v) is 2.35. The lowest BCUT2D eigenvalue weighted by Crippen LogP contribution is -2.41. The highest BCUT2D eigenvalue weighted by Gasteiger charge is 2.12. The maximum atomic E-state index is 12.7. The summed E-state index contributed by atoms with van der Waals surface area (Å²) >= 11 is 0. The van der Waals surface area contributed by atoms with Crippen LogP contribution in [0.15, 0.2) is 24.3 Å². The number of carbonyl (C=O) groups is 2. The zero-order valence-electron chi connectivity index (χ0n) is 11.4. The Hall–Kier alpha value is -1.91. The van der Waals surface area contributed by atoms with Crippen LogP contribution in [0.1, 0.15) is 31.1 Å². The van der Waals surface area contributed by atoms with Gasteiger partial charge in [0.05, 0.1) is 6.54 Å². The summed E-state index contributed by atoms with van der Waals surface area (Å²) in [6.07, 6.45) is 0. The summed E-state index contributed by atoms with van der Waals surface area (Å²) in [7, 11) is 0. The Morgan fingerprint density at radius 1 is 1.11 bits per heavy atom. The average molecular weight is 266 g/mol. The molecule has 0 fully saturated rings. The molecule has 4 nitrogen and oxygen atoms in total. The quantitative estimate of drug-likeness (QED) is 0.822. The van der Waals surface area contributed by atoms with Crippen molar-refractivity contribution in [2.75, 3.05) is 13.1 Å². The number of nitrogens with one attached hydrogen (secondary N) is 2. The summed E-state index contributed by atoms with van der Waals surface area (Å²) < 4.78 is 12.7. The summed E-state index contributed by atoms with van der Waals surface area (Å²) in [5, 5.41) is 5.15. The Bertz CT molecular complexity index is 450. The second-order valence-corrected chi connectivity index (χ2v) is 5.53. The van der Waals surface area contributed by atoms with E-state index in [1.807, 2.05) is 20.8 Å². The van der Waals surface area contributed by atoms with E-state index in [2.05, 4.69) is 10.6 Å². The maximum absolute atomic E-state index is 12.7. The van der Waals surface area contributed by atoms with Gasteiger partial charge in [0.1, 0.15) is 5.82 Å². The molecule has 0 atom stereocenters. The predicted octanol–water partition coefficient (Wildman–Crippen LogP) is 2.35. The number of urea groups is 1. The van der Waals surface area contributed by atoms with Crippen LogP contribution in [0.2, 0.25) is 0 Å². The number of ketones is 1. The molecule has 1 aromatic carbocycles. The largest absolute Gasteiger partial charge is 0.338 e. The van der Waals surface area contributed by atoms with E-state index in [1.54, 1.807) is 0 Å². The van der Waals surface area contributed by atoms with Gasteiger partial charge in [0.25, 0.3) is 0 Å². The molecule has 0 aliphatic rings. The van der Waals surface area contributed by atoms with Crippen molar-refractivity contribution in [1.82, 2.24) is 10.6 Å². The molecule has 0 saturated heterocycles. The molecule has 0 unspecified atom stereocenters. The van der Waals surface area contributed by atoms with Gasteiger partial charge in [-0.25, -0.2) is 9.18 Å². The van der Waals surface area contributed by atoms with E-state index in [0.29, 0.717) is 12.1 Å². The van der Waals surface area contributed by atoms with E-state index in [9.17, 15) is 14.0 Å². The average Bonchev–Trinajstić information content (AvgIpc) is 2.33. The van der Waals surface area contributed by atoms with Crippen LogP contribution in [-0.4, -0.2) is 24.9 Å². The highest BCUT2D eigenvalue weighted by molar-refractivity contribution is 5.99. The first-order valence-corrected chi connectivity index (χ1v) is 6.08. The van der Waals surface area contributed by atoms with Gasteiger partial charge in [-0.3, -0.25) is 4.79 Å². The first-order valence-electron chi connectivity index (χ1n) is 6.08. The van der Waals surface area contributed by atoms with E-state index in [-0.39, 0.29) is 23.8 Å². The Kier molecular flexibility index (Phi) is 5.03. The summed E-state index contributed by atoms with van der Waals surface area (Å²) in [5.74, 6) is -0.654. The molecule has 5 heteroatoms. The van der Waals surface area contributed by atoms with Crippen molar-refractivity contribution >= 4 is 11.8 Å². The third-order valence-electron chi connectivity index (χ3n) is 2.35. The van der Waals surface area contributed by atoms with Crippen molar-refractivity contribution in [2.45, 2.75) is 20.8 Å². The molecule has 0 aliphatic heterocycles. The monoisotopic (exact) mass is 266 g/mol. The molecule has 0 aromatic heterocycles. The van der Waals surface area contributed by atoms with E-state index in [0.717, 1.165) is 0 Å². The predicted molar refractivity (Wildman–Crippen MR) is 71.6 cm³/mol. The lowest BCUT2D eigenvalue weighted by molar-refractivity contribution is 0.0992. The highest BCUT2D eigenvalue weighted by atomic mass is 19.1. The Balaban J connectivity index is 2.38. The normalized spacial score (nSPS) is 10.9. The molecule has 2 N–H and O–H groups in total. The standard InChI is InChI=1S/C14H19FN2O2/c1-14(2,3)9-17-13(19)16-8-12(18)10-4-6-11(15)7-5-10/h4-7H,8-9H2,1-3H3,(H2,16,17,19). The van der Waals surface area contributed by atoms with E-state index < -0.39 is 5.82 Å². The van der Waals surface area contributed by atoms with Gasteiger partial charge in [-0.2, -0.15) is 0 Å². The molecule has 0 saturated carbocycles. The minimum atomic E-state index is -0.396. The van der Waals surface area contributed by atoms with Crippen molar-refractivity contribution < 1.29 is 14.0 Å². The third kappa shape index (κ3) is 5.99. The van der Waals surface area contributed by atoms with Gasteiger partial charge in [0.2, 0.25) is 0 Å². The zero-order valence-corrected chi connectivity index (χ0v) is 11.4. The molecular weight excluding hydrogens is 247 g/mol. The summed E-state index contributed by atoms with van der Waals surface area (Å²) in [4.78, 5) is 23.1. The van der Waals surface area contributed by atoms with Crippen molar-refractivity contribution in [1.29, 1.82) is 0 Å². The molecule has 0 aliphatic carbocycles. The number of benzene rings is 1. The smallest absolute Gasteiger partial charge is 0.315 e. The van der Waals surface area contributed by atoms with Gasteiger partial charge < -0.3 is 10.6 Å². The van der Waals surface area contributed by atoms with Gasteiger partial charge in [-0.1, -0.05) is 20.8 Å². The fraction of sp³-hybridized carbons (Fsp3) is 0.429. The summed E-state index contributed by atoms with van der Waals surface area (Å²) in [5.41, 5.74) is 0.357. The molecule has 1 aromatic rings. The Morgan fingerprint density at radius 2 is 1.68 bits per heavy atom. The first kappa shape index (κ1) is 15.1. The summed E-state index contributed by atoms with van der Waals surface area (Å²) in [6, 6.07) is 4.84. The molecule has 0 radical (unpaired) electrons. The number of halogens is 1. The summed E-state index contributed by atoms with van der Waals surface area (Å²) in [6.45, 7) is 6.40. The van der Waals surface area contributed by atoms with Crippen molar-refractivity contribution in [3.63, 3.8) is 0 Å². The van der Waals surface area contributed by atoms with E-state index >= 15 is 0 Å². The molecular formula is C14H19FN2O2. The number of amides is 2. The molecule has 1 rings (SSSR count). The maximum Gasteiger partial charge on any atom is 0.315 e. The zero-order chi connectivity index (χ0) is 14.5. The minimum absolute atomic E-state index is 0.0156. The Morgan fingerprint density at radius 3 is 2.21 bits per heavy atom. The second-order valence-electron chi connectivity index (χ2n) is 5.53. The SMILES string of the molecule is CC(C)(C)CNC(=O)NCC(=O)c1ccc(F)cc1. The molecule has 0 spiro atoms. The lowest BCUT2D eigenvalue weighted by Gasteiger charge is -2.18. The van der Waals surface area contributed by atoms with Crippen LogP contribution in [0.3, 0.4) is 0 Å². The molecule has 104 valence electrons. The van der Waals surface area contributed by atoms with Crippen LogP contribution in [0.25, 0.3) is 0 Å². The fourth-order valence-electron chi connectivity index (χ4n) is 1.31. The second kappa shape index (κ2) is 6.31. The topological polar surface area (TPSA) is 58.2 Å². The fourth-order valence-corrected chi connectivity index (χ4v) is 1.31.